The van der Waals surface area contributed by atoms with Crippen molar-refractivity contribution in [2.75, 3.05) is 32.1 Å². The Bertz CT molecular complexity index is 601. The molecule has 2 aliphatic rings. The number of hydrogen-bond acceptors (Lipinski definition) is 4. The Labute approximate surface area is 154 Å². The Balaban J connectivity index is 0.00000225. The fourth-order valence-corrected chi connectivity index (χ4v) is 2.90. The topological polar surface area (TPSA) is 70.7 Å². The van der Waals surface area contributed by atoms with E-state index in [2.05, 4.69) is 10.6 Å². The number of benzene rings is 1. The van der Waals surface area contributed by atoms with Crippen LogP contribution in [0.25, 0.3) is 0 Å². The van der Waals surface area contributed by atoms with E-state index in [0.717, 1.165) is 38.8 Å². The minimum Gasteiger partial charge on any atom is -0.484 e. The Morgan fingerprint density at radius 2 is 1.96 bits per heavy atom. The van der Waals surface area contributed by atoms with Gasteiger partial charge in [-0.1, -0.05) is 6.07 Å². The van der Waals surface area contributed by atoms with E-state index in [9.17, 15) is 9.59 Å². The highest BCUT2D eigenvalue weighted by Gasteiger charge is 2.29. The number of amides is 2. The van der Waals surface area contributed by atoms with Gasteiger partial charge in [0.25, 0.3) is 5.91 Å². The first-order valence-electron chi connectivity index (χ1n) is 8.63. The minimum absolute atomic E-state index is 0. The summed E-state index contributed by atoms with van der Waals surface area (Å²) in [6.07, 6.45) is 3.90. The van der Waals surface area contributed by atoms with E-state index in [1.54, 1.807) is 17.0 Å². The maximum absolute atomic E-state index is 12.3. The molecule has 0 spiro atoms. The molecule has 7 heteroatoms. The molecular formula is C18H26ClN3O3. The summed E-state index contributed by atoms with van der Waals surface area (Å²) in [5, 5.41) is 6.18. The SMILES string of the molecule is CN(C(=O)COc1cccc(NC(=O)C2CC2)c1)C1CCNCC1.Cl. The van der Waals surface area contributed by atoms with E-state index in [0.29, 0.717) is 11.4 Å². The van der Waals surface area contributed by atoms with Crippen LogP contribution in [0.2, 0.25) is 0 Å². The second-order valence-electron chi connectivity index (χ2n) is 6.57. The summed E-state index contributed by atoms with van der Waals surface area (Å²) < 4.78 is 5.62. The smallest absolute Gasteiger partial charge is 0.260 e. The number of nitrogens with one attached hydrogen (secondary N) is 2. The lowest BCUT2D eigenvalue weighted by molar-refractivity contribution is -0.134. The molecule has 25 heavy (non-hydrogen) atoms. The van der Waals surface area contributed by atoms with Crippen LogP contribution in [0.5, 0.6) is 5.75 Å². The maximum Gasteiger partial charge on any atom is 0.260 e. The van der Waals surface area contributed by atoms with Crippen LogP contribution in [-0.2, 0) is 9.59 Å². The number of carbonyl (C=O) groups excluding carboxylic acids is 2. The summed E-state index contributed by atoms with van der Waals surface area (Å²) in [4.78, 5) is 25.9. The van der Waals surface area contributed by atoms with E-state index in [1.807, 2.05) is 19.2 Å². The fraction of sp³-hybridized carbons (Fsp3) is 0.556. The summed E-state index contributed by atoms with van der Waals surface area (Å²) in [5.74, 6) is 0.800. The van der Waals surface area contributed by atoms with Gasteiger partial charge in [0, 0.05) is 30.8 Å². The van der Waals surface area contributed by atoms with Gasteiger partial charge >= 0.3 is 0 Å². The number of nitrogens with zero attached hydrogens (tertiary/aromatic N) is 1. The normalized spacial score (nSPS) is 17.3. The molecule has 0 unspecified atom stereocenters. The molecule has 2 amide bonds. The average molecular weight is 368 g/mol. The van der Waals surface area contributed by atoms with Gasteiger partial charge in [0.15, 0.2) is 6.61 Å². The van der Waals surface area contributed by atoms with Crippen molar-refractivity contribution < 1.29 is 14.3 Å². The number of halogens is 1. The predicted molar refractivity (Wildman–Crippen MR) is 99.2 cm³/mol. The van der Waals surface area contributed by atoms with Crippen LogP contribution in [-0.4, -0.2) is 49.5 Å². The first-order chi connectivity index (χ1) is 11.6. The standard InChI is InChI=1S/C18H25N3O3.ClH/c1-21(15-7-9-19-10-8-15)17(22)12-24-16-4-2-3-14(11-16)20-18(23)13-5-6-13;/h2-4,11,13,15,19H,5-10,12H2,1H3,(H,20,23);1H. The molecule has 0 radical (unpaired) electrons. The van der Waals surface area contributed by atoms with Crippen molar-refractivity contribution in [3.8, 4) is 5.75 Å². The van der Waals surface area contributed by atoms with Gasteiger partial charge in [-0.3, -0.25) is 9.59 Å². The van der Waals surface area contributed by atoms with Crippen molar-refractivity contribution in [3.05, 3.63) is 24.3 Å². The number of anilines is 1. The van der Waals surface area contributed by atoms with Crippen molar-refractivity contribution in [2.24, 2.45) is 5.92 Å². The third-order valence-electron chi connectivity index (χ3n) is 4.66. The largest absolute Gasteiger partial charge is 0.484 e. The number of likely N-dealkylation sites (N-methyl/N-ethyl adjacent to an activating group) is 1. The number of carbonyl (C=O) groups is 2. The molecule has 1 saturated heterocycles. The molecule has 6 nitrogen and oxygen atoms in total. The van der Waals surface area contributed by atoms with Crippen LogP contribution in [0.3, 0.4) is 0 Å². The molecule has 1 aliphatic heterocycles. The van der Waals surface area contributed by atoms with Crippen molar-refractivity contribution >= 4 is 29.9 Å². The molecule has 1 aromatic carbocycles. The van der Waals surface area contributed by atoms with Crippen LogP contribution < -0.4 is 15.4 Å². The van der Waals surface area contributed by atoms with Crippen LogP contribution in [0, 0.1) is 5.92 Å². The molecule has 2 N–H and O–H groups in total. The maximum atomic E-state index is 12.3. The lowest BCUT2D eigenvalue weighted by atomic mass is 10.1. The molecule has 0 bridgehead atoms. The number of ether oxygens (including phenoxy) is 1. The van der Waals surface area contributed by atoms with E-state index >= 15 is 0 Å². The van der Waals surface area contributed by atoms with E-state index in [-0.39, 0.29) is 42.8 Å². The van der Waals surface area contributed by atoms with Gasteiger partial charge in [-0.05, 0) is 50.9 Å². The summed E-state index contributed by atoms with van der Waals surface area (Å²) in [6.45, 7) is 1.91. The molecular weight excluding hydrogens is 342 g/mol. The molecule has 1 aliphatic carbocycles. The Morgan fingerprint density at radius 1 is 1.24 bits per heavy atom. The predicted octanol–water partition coefficient (Wildman–Crippen LogP) is 2.05. The summed E-state index contributed by atoms with van der Waals surface area (Å²) in [6, 6.07) is 7.49. The third-order valence-corrected chi connectivity index (χ3v) is 4.66. The van der Waals surface area contributed by atoms with Gasteiger partial charge in [0.05, 0.1) is 0 Å². The zero-order valence-corrected chi connectivity index (χ0v) is 15.3. The van der Waals surface area contributed by atoms with Crippen LogP contribution in [0.1, 0.15) is 25.7 Å². The fourth-order valence-electron chi connectivity index (χ4n) is 2.90. The molecule has 2 fully saturated rings. The lowest BCUT2D eigenvalue weighted by Gasteiger charge is -2.31. The van der Waals surface area contributed by atoms with Crippen molar-refractivity contribution in [1.29, 1.82) is 0 Å². The summed E-state index contributed by atoms with van der Waals surface area (Å²) in [5.41, 5.74) is 0.712. The first-order valence-corrected chi connectivity index (χ1v) is 8.63. The van der Waals surface area contributed by atoms with Gasteiger partial charge in [0.1, 0.15) is 5.75 Å². The van der Waals surface area contributed by atoms with E-state index < -0.39 is 0 Å². The van der Waals surface area contributed by atoms with Crippen molar-refractivity contribution in [2.45, 2.75) is 31.7 Å². The van der Waals surface area contributed by atoms with E-state index in [4.69, 9.17) is 4.74 Å². The van der Waals surface area contributed by atoms with Crippen LogP contribution in [0.4, 0.5) is 5.69 Å². The number of rotatable bonds is 6. The van der Waals surface area contributed by atoms with Gasteiger partial charge in [-0.2, -0.15) is 0 Å². The zero-order valence-electron chi connectivity index (χ0n) is 14.5. The number of hydrogen-bond donors (Lipinski definition) is 2. The third kappa shape index (κ3) is 5.61. The van der Waals surface area contributed by atoms with Crippen molar-refractivity contribution in [1.82, 2.24) is 10.2 Å². The Hall–Kier alpha value is -1.79. The van der Waals surface area contributed by atoms with Crippen molar-refractivity contribution in [3.63, 3.8) is 0 Å². The molecule has 0 atom stereocenters. The summed E-state index contributed by atoms with van der Waals surface area (Å²) >= 11 is 0. The molecule has 3 rings (SSSR count). The quantitative estimate of drug-likeness (QED) is 0.807. The highest BCUT2D eigenvalue weighted by molar-refractivity contribution is 5.94. The highest BCUT2D eigenvalue weighted by Crippen LogP contribution is 2.30. The molecule has 138 valence electrons. The van der Waals surface area contributed by atoms with Gasteiger partial charge in [-0.25, -0.2) is 0 Å². The minimum atomic E-state index is -0.0191. The van der Waals surface area contributed by atoms with Crippen LogP contribution >= 0.6 is 12.4 Å². The van der Waals surface area contributed by atoms with Gasteiger partial charge in [0.2, 0.25) is 5.91 Å². The lowest BCUT2D eigenvalue weighted by Crippen LogP contribution is -2.45. The molecule has 1 aromatic rings. The van der Waals surface area contributed by atoms with Gasteiger partial charge in [-0.15, -0.1) is 12.4 Å². The second kappa shape index (κ2) is 9.06. The average Bonchev–Trinajstić information content (AvgIpc) is 3.45. The van der Waals surface area contributed by atoms with Crippen LogP contribution in [0.15, 0.2) is 24.3 Å². The van der Waals surface area contributed by atoms with E-state index in [1.165, 1.54) is 0 Å². The molecule has 0 aromatic heterocycles. The summed E-state index contributed by atoms with van der Waals surface area (Å²) in [7, 11) is 1.84. The monoisotopic (exact) mass is 367 g/mol. The molecule has 1 saturated carbocycles. The highest BCUT2D eigenvalue weighted by atomic mass is 35.5. The Morgan fingerprint density at radius 3 is 2.64 bits per heavy atom. The second-order valence-corrected chi connectivity index (χ2v) is 6.57. The number of piperidine rings is 1. The zero-order chi connectivity index (χ0) is 16.9. The first kappa shape index (κ1) is 19.5. The van der Waals surface area contributed by atoms with Gasteiger partial charge < -0.3 is 20.3 Å². The molecule has 1 heterocycles. The Kier molecular flexibility index (Phi) is 7.08.